The van der Waals surface area contributed by atoms with E-state index in [0.29, 0.717) is 10.8 Å². The monoisotopic (exact) mass is 418 g/mol. The molecule has 0 unspecified atom stereocenters. The Morgan fingerprint density at radius 3 is 2.35 bits per heavy atom. The Balaban J connectivity index is 1.42. The van der Waals surface area contributed by atoms with E-state index in [1.54, 1.807) is 18.1 Å². The zero-order chi connectivity index (χ0) is 22.0. The molecular formula is C29H38O2. The first-order valence-electron chi connectivity index (χ1n) is 12.4. The molecule has 4 aliphatic carbocycles. The summed E-state index contributed by atoms with van der Waals surface area (Å²) < 4.78 is 5.60. The van der Waals surface area contributed by atoms with Crippen LogP contribution in [0.1, 0.15) is 82.4 Å². The van der Waals surface area contributed by atoms with Gasteiger partial charge >= 0.3 is 5.97 Å². The Kier molecular flexibility index (Phi) is 4.99. The standard InChI is InChI=1S/C29H38O2/c1-18-14-19(2)16-21(15-18)25-8-9-26-24-7-6-22-17-23(31-20(3)30)10-12-28(22,4)27(24)11-13-29(25,26)5/h6,8,14-16,23-24,26-27H,7,9-13,17H2,1-5H3/t23-,24-,26-,27-,28-,29+/m0/s1. The fraction of sp³-hybridized carbons (Fsp3) is 0.621. The number of carbonyl (C=O) groups is 1. The molecule has 4 aliphatic rings. The molecule has 0 bridgehead atoms. The zero-order valence-corrected chi connectivity index (χ0v) is 20.0. The van der Waals surface area contributed by atoms with Crippen LogP contribution in [-0.4, -0.2) is 12.1 Å². The summed E-state index contributed by atoms with van der Waals surface area (Å²) in [5.74, 6) is 2.17. The summed E-state index contributed by atoms with van der Waals surface area (Å²) in [7, 11) is 0. The molecule has 166 valence electrons. The summed E-state index contributed by atoms with van der Waals surface area (Å²) in [6.45, 7) is 11.1. The van der Waals surface area contributed by atoms with Crippen LogP contribution in [0.4, 0.5) is 0 Å². The second-order valence-electron chi connectivity index (χ2n) is 11.4. The number of rotatable bonds is 2. The van der Waals surface area contributed by atoms with Crippen molar-refractivity contribution in [1.82, 2.24) is 0 Å². The molecule has 2 saturated carbocycles. The first-order chi connectivity index (χ1) is 14.7. The lowest BCUT2D eigenvalue weighted by Gasteiger charge is -2.58. The van der Waals surface area contributed by atoms with Gasteiger partial charge in [-0.3, -0.25) is 4.79 Å². The van der Waals surface area contributed by atoms with E-state index in [1.807, 2.05) is 0 Å². The van der Waals surface area contributed by atoms with Gasteiger partial charge in [-0.1, -0.05) is 60.9 Å². The Morgan fingerprint density at radius 1 is 0.935 bits per heavy atom. The quantitative estimate of drug-likeness (QED) is 0.375. The molecule has 1 aromatic carbocycles. The first-order valence-corrected chi connectivity index (χ1v) is 12.4. The third kappa shape index (κ3) is 3.33. The maximum atomic E-state index is 11.5. The van der Waals surface area contributed by atoms with Crippen molar-refractivity contribution >= 4 is 11.5 Å². The van der Waals surface area contributed by atoms with Gasteiger partial charge in [0.05, 0.1) is 0 Å². The third-order valence-electron chi connectivity index (χ3n) is 9.50. The number of allylic oxidation sites excluding steroid dienone is 3. The highest BCUT2D eigenvalue weighted by Gasteiger charge is 2.56. The average Bonchev–Trinajstić information content (AvgIpc) is 3.04. The van der Waals surface area contributed by atoms with Gasteiger partial charge in [0, 0.05) is 13.3 Å². The van der Waals surface area contributed by atoms with Crippen LogP contribution in [0.2, 0.25) is 0 Å². The third-order valence-corrected chi connectivity index (χ3v) is 9.50. The highest BCUT2D eigenvalue weighted by atomic mass is 16.5. The van der Waals surface area contributed by atoms with Crippen molar-refractivity contribution < 1.29 is 9.53 Å². The van der Waals surface area contributed by atoms with Gasteiger partial charge < -0.3 is 4.74 Å². The van der Waals surface area contributed by atoms with Crippen molar-refractivity contribution in [3.8, 4) is 0 Å². The zero-order valence-electron chi connectivity index (χ0n) is 20.0. The minimum absolute atomic E-state index is 0.0894. The first kappa shape index (κ1) is 21.0. The molecule has 0 N–H and O–H groups in total. The van der Waals surface area contributed by atoms with Crippen LogP contribution in [0.15, 0.2) is 35.9 Å². The van der Waals surface area contributed by atoms with Crippen molar-refractivity contribution in [2.45, 2.75) is 85.7 Å². The second kappa shape index (κ2) is 7.36. The number of esters is 1. The van der Waals surface area contributed by atoms with Crippen LogP contribution in [0.3, 0.4) is 0 Å². The number of carbonyl (C=O) groups excluding carboxylic acids is 1. The molecule has 0 aliphatic heterocycles. The van der Waals surface area contributed by atoms with E-state index >= 15 is 0 Å². The maximum Gasteiger partial charge on any atom is 0.302 e. The molecule has 2 heteroatoms. The number of hydrogen-bond donors (Lipinski definition) is 0. The maximum absolute atomic E-state index is 11.5. The largest absolute Gasteiger partial charge is 0.462 e. The van der Waals surface area contributed by atoms with Crippen molar-refractivity contribution in [2.75, 3.05) is 0 Å². The molecule has 31 heavy (non-hydrogen) atoms. The average molecular weight is 419 g/mol. The molecule has 2 fully saturated rings. The highest BCUT2D eigenvalue weighted by Crippen LogP contribution is 2.66. The van der Waals surface area contributed by atoms with Gasteiger partial charge in [-0.05, 0) is 92.1 Å². The minimum Gasteiger partial charge on any atom is -0.462 e. The van der Waals surface area contributed by atoms with E-state index in [1.165, 1.54) is 48.8 Å². The predicted octanol–water partition coefficient (Wildman–Crippen LogP) is 7.19. The summed E-state index contributed by atoms with van der Waals surface area (Å²) in [5.41, 5.74) is 8.00. The van der Waals surface area contributed by atoms with Crippen LogP contribution in [0.5, 0.6) is 0 Å². The number of benzene rings is 1. The molecule has 2 nitrogen and oxygen atoms in total. The fourth-order valence-electron chi connectivity index (χ4n) is 8.11. The van der Waals surface area contributed by atoms with Crippen molar-refractivity contribution in [3.05, 3.63) is 52.6 Å². The summed E-state index contributed by atoms with van der Waals surface area (Å²) in [6.07, 6.45) is 13.4. The van der Waals surface area contributed by atoms with Crippen LogP contribution < -0.4 is 0 Å². The normalized spacial score (nSPS) is 39.0. The van der Waals surface area contributed by atoms with E-state index in [-0.39, 0.29) is 12.1 Å². The van der Waals surface area contributed by atoms with Crippen molar-refractivity contribution in [3.63, 3.8) is 0 Å². The molecule has 6 atom stereocenters. The molecule has 5 rings (SSSR count). The van der Waals surface area contributed by atoms with Gasteiger partial charge in [-0.2, -0.15) is 0 Å². The van der Waals surface area contributed by atoms with Crippen LogP contribution in [0, 0.1) is 42.4 Å². The molecule has 0 aromatic heterocycles. The minimum atomic E-state index is -0.132. The van der Waals surface area contributed by atoms with E-state index in [9.17, 15) is 4.79 Å². The molecular weight excluding hydrogens is 380 g/mol. The molecule has 0 amide bonds. The molecule has 0 spiro atoms. The number of hydrogen-bond acceptors (Lipinski definition) is 2. The number of ether oxygens (including phenoxy) is 1. The van der Waals surface area contributed by atoms with E-state index in [4.69, 9.17) is 4.74 Å². The van der Waals surface area contributed by atoms with E-state index < -0.39 is 0 Å². The lowest BCUT2D eigenvalue weighted by Crippen LogP contribution is -2.50. The van der Waals surface area contributed by atoms with E-state index in [0.717, 1.165) is 30.6 Å². The van der Waals surface area contributed by atoms with Gasteiger partial charge in [0.1, 0.15) is 6.10 Å². The van der Waals surface area contributed by atoms with Gasteiger partial charge in [-0.15, -0.1) is 0 Å². The molecule has 1 aromatic rings. The molecule has 0 saturated heterocycles. The lowest BCUT2D eigenvalue weighted by molar-refractivity contribution is -0.148. The lowest BCUT2D eigenvalue weighted by atomic mass is 9.47. The Morgan fingerprint density at radius 2 is 1.65 bits per heavy atom. The summed E-state index contributed by atoms with van der Waals surface area (Å²) in [4.78, 5) is 11.5. The van der Waals surface area contributed by atoms with Gasteiger partial charge in [0.2, 0.25) is 0 Å². The summed E-state index contributed by atoms with van der Waals surface area (Å²) >= 11 is 0. The SMILES string of the molecule is CC(=O)O[C@H]1CC[C@@]2(C)C(=CC[C@@H]3[C@@H]2CC[C@]2(C)C(c4cc(C)cc(C)c4)=CC[C@@H]32)C1. The van der Waals surface area contributed by atoms with Crippen molar-refractivity contribution in [1.29, 1.82) is 0 Å². The van der Waals surface area contributed by atoms with Crippen LogP contribution in [-0.2, 0) is 9.53 Å². The fourth-order valence-corrected chi connectivity index (χ4v) is 8.11. The highest BCUT2D eigenvalue weighted by molar-refractivity contribution is 5.74. The Hall–Kier alpha value is -1.83. The number of fused-ring (bicyclic) bond motifs is 5. The predicted molar refractivity (Wildman–Crippen MR) is 127 cm³/mol. The molecule has 0 radical (unpaired) electrons. The topological polar surface area (TPSA) is 26.3 Å². The van der Waals surface area contributed by atoms with Gasteiger partial charge in [-0.25, -0.2) is 0 Å². The van der Waals surface area contributed by atoms with Gasteiger partial charge in [0.25, 0.3) is 0 Å². The van der Waals surface area contributed by atoms with E-state index in [2.05, 4.69) is 58.0 Å². The second-order valence-corrected chi connectivity index (χ2v) is 11.4. The van der Waals surface area contributed by atoms with Crippen LogP contribution in [0.25, 0.3) is 5.57 Å². The summed E-state index contributed by atoms with van der Waals surface area (Å²) in [5, 5.41) is 0. The summed E-state index contributed by atoms with van der Waals surface area (Å²) in [6, 6.07) is 7.08. The number of aryl methyl sites for hydroxylation is 2. The molecule has 0 heterocycles. The van der Waals surface area contributed by atoms with Crippen molar-refractivity contribution in [2.24, 2.45) is 28.6 Å². The Labute approximate surface area is 188 Å². The van der Waals surface area contributed by atoms with Gasteiger partial charge in [0.15, 0.2) is 0 Å². The van der Waals surface area contributed by atoms with Crippen LogP contribution >= 0.6 is 0 Å². The smallest absolute Gasteiger partial charge is 0.302 e. The Bertz CT molecular complexity index is 949.